The van der Waals surface area contributed by atoms with Gasteiger partial charge in [0.05, 0.1) is 11.1 Å². The first-order valence-electron chi connectivity index (χ1n) is 20.6. The van der Waals surface area contributed by atoms with Gasteiger partial charge in [-0.1, -0.05) is 158 Å². The Morgan fingerprint density at radius 2 is 0.847 bits per heavy atom. The highest BCUT2D eigenvalue weighted by molar-refractivity contribution is 6.08. The van der Waals surface area contributed by atoms with E-state index >= 15 is 0 Å². The third kappa shape index (κ3) is 4.15. The van der Waals surface area contributed by atoms with Crippen molar-refractivity contribution in [3.8, 4) is 33.4 Å². The molecule has 2 heteroatoms. The first-order valence-corrected chi connectivity index (χ1v) is 20.6. The van der Waals surface area contributed by atoms with Crippen LogP contribution in [-0.2, 0) is 10.8 Å². The van der Waals surface area contributed by atoms with Crippen LogP contribution in [0.5, 0.6) is 0 Å². The second kappa shape index (κ2) is 11.8. The van der Waals surface area contributed by atoms with E-state index in [0.29, 0.717) is 0 Å². The lowest BCUT2D eigenvalue weighted by molar-refractivity contribution is 0.667. The molecule has 3 aliphatic carbocycles. The fourth-order valence-electron chi connectivity index (χ4n) is 11.3. The lowest BCUT2D eigenvalue weighted by atomic mass is 9.70. The quantitative estimate of drug-likeness (QED) is 0.178. The molecule has 1 heterocycles. The standard InChI is InChI=1S/C57H37NO/c1-56(46-23-10-5-18-39(46)40-19-6-11-24-47(40)56)36-30-32-53-44(34-36)45-35-38(31-33-54(45)59-53)58(37-16-3-2-4-17-37)52-29-15-28-51-55(52)43-22-9-14-27-50(43)57(51)48-25-12-7-20-41(48)42-21-8-13-26-49(42)57/h2-35H,1H3. The predicted octanol–water partition coefficient (Wildman–Crippen LogP) is 14.7. The number of hydrogen-bond donors (Lipinski definition) is 0. The summed E-state index contributed by atoms with van der Waals surface area (Å²) in [5.74, 6) is 0. The molecule has 59 heavy (non-hydrogen) atoms. The zero-order valence-corrected chi connectivity index (χ0v) is 32.5. The van der Waals surface area contributed by atoms with Gasteiger partial charge in [-0.2, -0.15) is 0 Å². The van der Waals surface area contributed by atoms with Crippen molar-refractivity contribution < 1.29 is 4.42 Å². The summed E-state index contributed by atoms with van der Waals surface area (Å²) < 4.78 is 6.62. The van der Waals surface area contributed by atoms with E-state index in [4.69, 9.17) is 4.42 Å². The number of anilines is 3. The minimum absolute atomic E-state index is 0.302. The summed E-state index contributed by atoms with van der Waals surface area (Å²) in [6.07, 6.45) is 0. The van der Waals surface area contributed by atoms with Gasteiger partial charge in [0, 0.05) is 33.1 Å². The molecule has 0 atom stereocenters. The molecule has 2 nitrogen and oxygen atoms in total. The average molecular weight is 752 g/mol. The Morgan fingerprint density at radius 3 is 1.47 bits per heavy atom. The van der Waals surface area contributed by atoms with E-state index in [9.17, 15) is 0 Å². The molecule has 0 unspecified atom stereocenters. The summed E-state index contributed by atoms with van der Waals surface area (Å²) in [6, 6.07) is 76.2. The molecular weight excluding hydrogens is 715 g/mol. The lowest BCUT2D eigenvalue weighted by Gasteiger charge is -2.31. The van der Waals surface area contributed by atoms with E-state index in [-0.39, 0.29) is 5.41 Å². The third-order valence-corrected chi connectivity index (χ3v) is 13.8. The molecular formula is C57H37NO. The Hall–Kier alpha value is -7.42. The van der Waals surface area contributed by atoms with Crippen molar-refractivity contribution >= 4 is 39.0 Å². The van der Waals surface area contributed by atoms with Crippen molar-refractivity contribution in [2.24, 2.45) is 0 Å². The molecule has 276 valence electrons. The van der Waals surface area contributed by atoms with Crippen LogP contribution in [0.15, 0.2) is 211 Å². The number of hydrogen-bond acceptors (Lipinski definition) is 2. The molecule has 0 bridgehead atoms. The van der Waals surface area contributed by atoms with Gasteiger partial charge in [-0.15, -0.1) is 0 Å². The van der Waals surface area contributed by atoms with Gasteiger partial charge in [0.1, 0.15) is 11.2 Å². The molecule has 0 radical (unpaired) electrons. The van der Waals surface area contributed by atoms with Crippen LogP contribution >= 0.6 is 0 Å². The first kappa shape index (κ1) is 32.6. The Labute approximate surface area is 343 Å². The van der Waals surface area contributed by atoms with Gasteiger partial charge in [-0.25, -0.2) is 0 Å². The van der Waals surface area contributed by atoms with Crippen LogP contribution in [0, 0.1) is 0 Å². The summed E-state index contributed by atoms with van der Waals surface area (Å²) >= 11 is 0. The summed E-state index contributed by atoms with van der Waals surface area (Å²) in [6.45, 7) is 2.38. The van der Waals surface area contributed by atoms with Gasteiger partial charge < -0.3 is 9.32 Å². The smallest absolute Gasteiger partial charge is 0.135 e. The van der Waals surface area contributed by atoms with Gasteiger partial charge >= 0.3 is 0 Å². The van der Waals surface area contributed by atoms with Crippen molar-refractivity contribution in [1.29, 1.82) is 0 Å². The van der Waals surface area contributed by atoms with Gasteiger partial charge in [0.15, 0.2) is 0 Å². The van der Waals surface area contributed by atoms with E-state index in [1.165, 1.54) is 72.3 Å². The Bertz CT molecular complexity index is 3280. The van der Waals surface area contributed by atoms with Crippen molar-refractivity contribution in [1.82, 2.24) is 0 Å². The van der Waals surface area contributed by atoms with E-state index in [2.05, 4.69) is 218 Å². The van der Waals surface area contributed by atoms with Crippen molar-refractivity contribution in [2.45, 2.75) is 17.8 Å². The largest absolute Gasteiger partial charge is 0.456 e. The van der Waals surface area contributed by atoms with Crippen LogP contribution in [0.2, 0.25) is 0 Å². The fourth-order valence-corrected chi connectivity index (χ4v) is 11.3. The molecule has 0 saturated heterocycles. The van der Waals surface area contributed by atoms with Gasteiger partial charge in [0.25, 0.3) is 0 Å². The number of para-hydroxylation sites is 1. The van der Waals surface area contributed by atoms with Crippen LogP contribution < -0.4 is 4.90 Å². The number of nitrogens with zero attached hydrogens (tertiary/aromatic N) is 1. The topological polar surface area (TPSA) is 16.4 Å². The molecule has 0 N–H and O–H groups in total. The zero-order chi connectivity index (χ0) is 38.9. The number of furan rings is 1. The second-order valence-electron chi connectivity index (χ2n) is 16.5. The number of benzene rings is 9. The number of fused-ring (bicyclic) bond motifs is 16. The minimum Gasteiger partial charge on any atom is -0.456 e. The maximum atomic E-state index is 6.62. The highest BCUT2D eigenvalue weighted by atomic mass is 16.3. The van der Waals surface area contributed by atoms with Crippen molar-refractivity contribution in [3.63, 3.8) is 0 Å². The molecule has 0 aliphatic heterocycles. The number of rotatable bonds is 4. The normalized spacial score (nSPS) is 14.5. The van der Waals surface area contributed by atoms with Crippen LogP contribution in [-0.4, -0.2) is 0 Å². The maximum Gasteiger partial charge on any atom is 0.135 e. The van der Waals surface area contributed by atoms with E-state index in [1.54, 1.807) is 0 Å². The predicted molar refractivity (Wildman–Crippen MR) is 242 cm³/mol. The Kier molecular flexibility index (Phi) is 6.54. The summed E-state index contributed by atoms with van der Waals surface area (Å²) in [5.41, 5.74) is 21.5. The summed E-state index contributed by atoms with van der Waals surface area (Å²) in [4.78, 5) is 2.45. The van der Waals surface area contributed by atoms with Crippen LogP contribution in [0.25, 0.3) is 55.3 Å². The maximum absolute atomic E-state index is 6.62. The fraction of sp³-hybridized carbons (Fsp3) is 0.0526. The van der Waals surface area contributed by atoms with Crippen LogP contribution in [0.1, 0.15) is 45.9 Å². The highest BCUT2D eigenvalue weighted by Gasteiger charge is 2.52. The summed E-state index contributed by atoms with van der Waals surface area (Å²) in [7, 11) is 0. The van der Waals surface area contributed by atoms with E-state index in [1.807, 2.05) is 0 Å². The van der Waals surface area contributed by atoms with Crippen molar-refractivity contribution in [3.05, 3.63) is 245 Å². The molecule has 0 saturated carbocycles. The van der Waals surface area contributed by atoms with Gasteiger partial charge in [0.2, 0.25) is 0 Å². The van der Waals surface area contributed by atoms with Crippen molar-refractivity contribution in [2.75, 3.05) is 4.90 Å². The molecule has 9 aromatic carbocycles. The lowest BCUT2D eigenvalue weighted by Crippen LogP contribution is -2.26. The molecule has 3 aliphatic rings. The molecule has 13 rings (SSSR count). The SMILES string of the molecule is CC1(c2ccc3oc4ccc(N(c5ccccc5)c5cccc6c5-c5ccccc5C65c6ccccc6-c6ccccc65)cc4c3c2)c2ccccc2-c2ccccc21. The average Bonchev–Trinajstić information content (AvgIpc) is 4.00. The first-order chi connectivity index (χ1) is 29.2. The highest BCUT2D eigenvalue weighted by Crippen LogP contribution is 2.64. The monoisotopic (exact) mass is 751 g/mol. The molecule has 10 aromatic rings. The third-order valence-electron chi connectivity index (χ3n) is 13.8. The van der Waals surface area contributed by atoms with Crippen LogP contribution in [0.3, 0.4) is 0 Å². The molecule has 1 aromatic heterocycles. The Balaban J connectivity index is 1.04. The molecule has 0 fully saturated rings. The van der Waals surface area contributed by atoms with E-state index < -0.39 is 5.41 Å². The van der Waals surface area contributed by atoms with Gasteiger partial charge in [-0.05, 0) is 122 Å². The molecule has 0 amide bonds. The zero-order valence-electron chi connectivity index (χ0n) is 32.5. The van der Waals surface area contributed by atoms with E-state index in [0.717, 1.165) is 39.0 Å². The van der Waals surface area contributed by atoms with Gasteiger partial charge in [-0.3, -0.25) is 0 Å². The minimum atomic E-state index is -0.424. The second-order valence-corrected chi connectivity index (χ2v) is 16.5. The summed E-state index contributed by atoms with van der Waals surface area (Å²) in [5, 5.41) is 2.23. The Morgan fingerprint density at radius 1 is 0.373 bits per heavy atom. The molecule has 1 spiro atoms. The van der Waals surface area contributed by atoms with Crippen LogP contribution in [0.4, 0.5) is 17.1 Å².